The summed E-state index contributed by atoms with van der Waals surface area (Å²) >= 11 is 0. The zero-order valence-corrected chi connectivity index (χ0v) is 16.9. The highest BCUT2D eigenvalue weighted by atomic mass is 32.2. The van der Waals surface area contributed by atoms with E-state index >= 15 is 0 Å². The lowest BCUT2D eigenvalue weighted by atomic mass is 10.1. The number of methoxy groups -OCH3 is 1. The molecule has 2 aromatic rings. The predicted octanol–water partition coefficient (Wildman–Crippen LogP) is 2.05. The molecule has 0 bridgehead atoms. The van der Waals surface area contributed by atoms with Crippen molar-refractivity contribution in [2.45, 2.75) is 11.8 Å². The fourth-order valence-electron chi connectivity index (χ4n) is 2.34. The third-order valence-corrected chi connectivity index (χ3v) is 5.63. The van der Waals surface area contributed by atoms with E-state index in [0.717, 1.165) is 9.87 Å². The van der Waals surface area contributed by atoms with Crippen molar-refractivity contribution in [3.8, 4) is 5.75 Å². The summed E-state index contributed by atoms with van der Waals surface area (Å²) in [5, 5.41) is 2.51. The van der Waals surface area contributed by atoms with E-state index in [0.29, 0.717) is 5.56 Å². The van der Waals surface area contributed by atoms with Gasteiger partial charge in [-0.05, 0) is 37.3 Å². The summed E-state index contributed by atoms with van der Waals surface area (Å²) in [7, 11) is 0.369. The van der Waals surface area contributed by atoms with E-state index in [1.807, 2.05) is 13.0 Å². The molecule has 150 valence electrons. The highest BCUT2D eigenvalue weighted by Crippen LogP contribution is 2.28. The van der Waals surface area contributed by atoms with E-state index in [9.17, 15) is 18.0 Å². The predicted molar refractivity (Wildman–Crippen MR) is 104 cm³/mol. The number of aryl methyl sites for hydroxylation is 1. The van der Waals surface area contributed by atoms with E-state index in [-0.39, 0.29) is 16.3 Å². The van der Waals surface area contributed by atoms with Crippen LogP contribution < -0.4 is 10.1 Å². The smallest absolute Gasteiger partial charge is 0.338 e. The van der Waals surface area contributed by atoms with Gasteiger partial charge >= 0.3 is 5.97 Å². The van der Waals surface area contributed by atoms with Gasteiger partial charge in [-0.2, -0.15) is 0 Å². The molecule has 1 N–H and O–H groups in total. The molecule has 2 rings (SSSR count). The SMILES string of the molecule is COc1ccc(NC(=O)COC(=O)c2cccc(C)c2)cc1S(=O)(=O)N(C)C. The summed E-state index contributed by atoms with van der Waals surface area (Å²) in [4.78, 5) is 24.0. The van der Waals surface area contributed by atoms with Crippen LogP contribution in [0.15, 0.2) is 47.4 Å². The normalized spacial score (nSPS) is 11.2. The number of amides is 1. The van der Waals surface area contributed by atoms with Crippen molar-refractivity contribution < 1.29 is 27.5 Å². The van der Waals surface area contributed by atoms with Gasteiger partial charge in [0.2, 0.25) is 10.0 Å². The van der Waals surface area contributed by atoms with Crippen LogP contribution in [0.4, 0.5) is 5.69 Å². The minimum Gasteiger partial charge on any atom is -0.495 e. The molecule has 0 spiro atoms. The first-order valence-corrected chi connectivity index (χ1v) is 9.73. The minimum atomic E-state index is -3.77. The second-order valence-corrected chi connectivity index (χ2v) is 8.27. The van der Waals surface area contributed by atoms with Crippen LogP contribution in [0.25, 0.3) is 0 Å². The molecule has 0 aromatic heterocycles. The standard InChI is InChI=1S/C19H22N2O6S/c1-13-6-5-7-14(10-13)19(23)27-12-18(22)20-15-8-9-16(26-4)17(11-15)28(24,25)21(2)3/h5-11H,12H2,1-4H3,(H,20,22). The largest absolute Gasteiger partial charge is 0.495 e. The quantitative estimate of drug-likeness (QED) is 0.706. The van der Waals surface area contributed by atoms with E-state index in [1.54, 1.807) is 18.2 Å². The maximum atomic E-state index is 12.4. The Hall–Kier alpha value is -2.91. The lowest BCUT2D eigenvalue weighted by Gasteiger charge is -2.16. The molecule has 0 aliphatic rings. The summed E-state index contributed by atoms with van der Waals surface area (Å²) in [5.41, 5.74) is 1.47. The zero-order valence-electron chi connectivity index (χ0n) is 16.1. The van der Waals surface area contributed by atoms with Crippen LogP contribution in [0.2, 0.25) is 0 Å². The van der Waals surface area contributed by atoms with E-state index in [1.165, 1.54) is 39.4 Å². The van der Waals surface area contributed by atoms with Gasteiger partial charge in [0.05, 0.1) is 12.7 Å². The molecule has 0 saturated heterocycles. The number of carbonyl (C=O) groups is 2. The van der Waals surface area contributed by atoms with Crippen LogP contribution in [-0.4, -0.2) is 52.4 Å². The number of anilines is 1. The summed E-state index contributed by atoms with van der Waals surface area (Å²) in [6.45, 7) is 1.33. The Bertz CT molecular complexity index is 986. The van der Waals surface area contributed by atoms with Crippen LogP contribution >= 0.6 is 0 Å². The van der Waals surface area contributed by atoms with Crippen molar-refractivity contribution in [1.29, 1.82) is 0 Å². The summed E-state index contributed by atoms with van der Waals surface area (Å²) < 4.78 is 36.0. The Balaban J connectivity index is 2.09. The second kappa shape index (κ2) is 8.85. The van der Waals surface area contributed by atoms with Crippen LogP contribution in [0.5, 0.6) is 5.75 Å². The molecule has 0 radical (unpaired) electrons. The number of carbonyl (C=O) groups excluding carboxylic acids is 2. The Labute approximate surface area is 164 Å². The van der Waals surface area contributed by atoms with E-state index in [2.05, 4.69) is 5.32 Å². The fraction of sp³-hybridized carbons (Fsp3) is 0.263. The number of ether oxygens (including phenoxy) is 2. The molecule has 1 amide bonds. The van der Waals surface area contributed by atoms with Gasteiger partial charge < -0.3 is 14.8 Å². The third-order valence-electron chi connectivity index (χ3n) is 3.79. The highest BCUT2D eigenvalue weighted by Gasteiger charge is 2.23. The molecule has 0 heterocycles. The maximum Gasteiger partial charge on any atom is 0.338 e. The lowest BCUT2D eigenvalue weighted by molar-refractivity contribution is -0.119. The minimum absolute atomic E-state index is 0.0884. The van der Waals surface area contributed by atoms with Crippen molar-refractivity contribution in [3.05, 3.63) is 53.6 Å². The molecular formula is C19H22N2O6S. The van der Waals surface area contributed by atoms with Gasteiger partial charge in [-0.3, -0.25) is 4.79 Å². The topological polar surface area (TPSA) is 102 Å². The number of nitrogens with zero attached hydrogens (tertiary/aromatic N) is 1. The van der Waals surface area contributed by atoms with Crippen LogP contribution in [0, 0.1) is 6.92 Å². The number of hydrogen-bond donors (Lipinski definition) is 1. The number of nitrogens with one attached hydrogen (secondary N) is 1. The molecule has 0 atom stereocenters. The fourth-order valence-corrected chi connectivity index (χ4v) is 3.41. The summed E-state index contributed by atoms with van der Waals surface area (Å²) in [6, 6.07) is 11.0. The number of sulfonamides is 1. The molecule has 28 heavy (non-hydrogen) atoms. The number of benzene rings is 2. The first-order valence-electron chi connectivity index (χ1n) is 8.29. The average Bonchev–Trinajstić information content (AvgIpc) is 2.65. The maximum absolute atomic E-state index is 12.4. The van der Waals surface area contributed by atoms with Gasteiger partial charge in [0.1, 0.15) is 10.6 Å². The van der Waals surface area contributed by atoms with Crippen molar-refractivity contribution in [2.24, 2.45) is 0 Å². The van der Waals surface area contributed by atoms with Gasteiger partial charge in [-0.1, -0.05) is 17.7 Å². The van der Waals surface area contributed by atoms with Gasteiger partial charge in [0.25, 0.3) is 5.91 Å². The van der Waals surface area contributed by atoms with Crippen molar-refractivity contribution in [1.82, 2.24) is 4.31 Å². The summed E-state index contributed by atoms with van der Waals surface area (Å²) in [5.74, 6) is -1.07. The molecule has 9 heteroatoms. The van der Waals surface area contributed by atoms with Crippen LogP contribution in [0.3, 0.4) is 0 Å². The number of hydrogen-bond acceptors (Lipinski definition) is 6. The molecule has 0 aliphatic heterocycles. The first kappa shape index (κ1) is 21.4. The van der Waals surface area contributed by atoms with E-state index in [4.69, 9.17) is 9.47 Å². The van der Waals surface area contributed by atoms with Crippen molar-refractivity contribution in [2.75, 3.05) is 33.1 Å². The van der Waals surface area contributed by atoms with Gasteiger partial charge in [-0.25, -0.2) is 17.5 Å². The van der Waals surface area contributed by atoms with Crippen LogP contribution in [0.1, 0.15) is 15.9 Å². The Morgan fingerprint density at radius 1 is 1.11 bits per heavy atom. The molecule has 0 fully saturated rings. The van der Waals surface area contributed by atoms with E-state index < -0.39 is 28.5 Å². The van der Waals surface area contributed by atoms with Crippen LogP contribution in [-0.2, 0) is 19.6 Å². The molecule has 0 unspecified atom stereocenters. The van der Waals surface area contributed by atoms with Crippen molar-refractivity contribution in [3.63, 3.8) is 0 Å². The molecule has 0 saturated carbocycles. The zero-order chi connectivity index (χ0) is 20.9. The van der Waals surface area contributed by atoms with Gasteiger partial charge in [-0.15, -0.1) is 0 Å². The summed E-state index contributed by atoms with van der Waals surface area (Å²) in [6.07, 6.45) is 0. The number of rotatable bonds is 7. The van der Waals surface area contributed by atoms with Gasteiger partial charge in [0, 0.05) is 19.8 Å². The highest BCUT2D eigenvalue weighted by molar-refractivity contribution is 7.89. The molecular weight excluding hydrogens is 384 g/mol. The Morgan fingerprint density at radius 2 is 1.82 bits per heavy atom. The first-order chi connectivity index (χ1) is 13.1. The second-order valence-electron chi connectivity index (χ2n) is 6.15. The monoisotopic (exact) mass is 406 g/mol. The molecule has 2 aromatic carbocycles. The Morgan fingerprint density at radius 3 is 2.43 bits per heavy atom. The van der Waals surface area contributed by atoms with Gasteiger partial charge in [0.15, 0.2) is 6.61 Å². The third kappa shape index (κ3) is 5.08. The number of esters is 1. The lowest BCUT2D eigenvalue weighted by Crippen LogP contribution is -2.24. The van der Waals surface area contributed by atoms with Crippen molar-refractivity contribution >= 4 is 27.6 Å². The molecule has 8 nitrogen and oxygen atoms in total. The average molecular weight is 406 g/mol. The molecule has 0 aliphatic carbocycles. The Kier molecular flexibility index (Phi) is 6.76.